The zero-order valence-corrected chi connectivity index (χ0v) is 13.3. The SMILES string of the molecule is C=C/C=C\c1c(C)c2cc(C(C)(C)C)ccc2n1CC. The summed E-state index contributed by atoms with van der Waals surface area (Å²) in [4.78, 5) is 0. The molecule has 0 N–H and O–H groups in total. The van der Waals surface area contributed by atoms with Gasteiger partial charge in [0, 0.05) is 23.1 Å². The second-order valence-corrected chi connectivity index (χ2v) is 6.33. The summed E-state index contributed by atoms with van der Waals surface area (Å²) < 4.78 is 2.37. The van der Waals surface area contributed by atoms with Crippen LogP contribution in [0.2, 0.25) is 0 Å². The highest BCUT2D eigenvalue weighted by Crippen LogP contribution is 2.31. The van der Waals surface area contributed by atoms with Crippen molar-refractivity contribution in [1.29, 1.82) is 0 Å². The molecular formula is C19H25N. The summed E-state index contributed by atoms with van der Waals surface area (Å²) >= 11 is 0. The van der Waals surface area contributed by atoms with Crippen LogP contribution in [0.4, 0.5) is 0 Å². The largest absolute Gasteiger partial charge is 0.341 e. The van der Waals surface area contributed by atoms with Crippen molar-refractivity contribution >= 4 is 17.0 Å². The summed E-state index contributed by atoms with van der Waals surface area (Å²) in [7, 11) is 0. The van der Waals surface area contributed by atoms with Crippen LogP contribution in [-0.2, 0) is 12.0 Å². The van der Waals surface area contributed by atoms with Gasteiger partial charge in [0.25, 0.3) is 0 Å². The Balaban J connectivity index is 2.74. The number of aryl methyl sites for hydroxylation is 2. The molecule has 1 aromatic carbocycles. The van der Waals surface area contributed by atoms with Crippen LogP contribution in [0.1, 0.15) is 44.5 Å². The molecule has 0 aliphatic heterocycles. The number of benzene rings is 1. The van der Waals surface area contributed by atoms with E-state index in [1.807, 2.05) is 12.2 Å². The average Bonchev–Trinajstić information content (AvgIpc) is 2.67. The number of aromatic nitrogens is 1. The maximum absolute atomic E-state index is 3.77. The molecule has 0 amide bonds. The van der Waals surface area contributed by atoms with Crippen molar-refractivity contribution in [2.24, 2.45) is 0 Å². The molecule has 0 bridgehead atoms. The van der Waals surface area contributed by atoms with Crippen LogP contribution in [0.15, 0.2) is 36.9 Å². The molecule has 1 heteroatoms. The third-order valence-electron chi connectivity index (χ3n) is 3.94. The first-order valence-electron chi connectivity index (χ1n) is 7.32. The fourth-order valence-corrected chi connectivity index (χ4v) is 2.72. The molecule has 0 spiro atoms. The molecule has 2 aromatic rings. The molecule has 1 nitrogen and oxygen atoms in total. The van der Waals surface area contributed by atoms with E-state index in [-0.39, 0.29) is 5.41 Å². The Bertz CT molecular complexity index is 663. The van der Waals surface area contributed by atoms with Crippen LogP contribution >= 0.6 is 0 Å². The maximum Gasteiger partial charge on any atom is 0.0487 e. The third kappa shape index (κ3) is 2.45. The average molecular weight is 267 g/mol. The monoisotopic (exact) mass is 267 g/mol. The van der Waals surface area contributed by atoms with E-state index < -0.39 is 0 Å². The fraction of sp³-hybridized carbons (Fsp3) is 0.368. The van der Waals surface area contributed by atoms with Gasteiger partial charge in [-0.15, -0.1) is 0 Å². The summed E-state index contributed by atoms with van der Waals surface area (Å²) in [6, 6.07) is 6.87. The van der Waals surface area contributed by atoms with Crippen molar-refractivity contribution in [2.75, 3.05) is 0 Å². The zero-order valence-electron chi connectivity index (χ0n) is 13.3. The minimum absolute atomic E-state index is 0.187. The standard InChI is InChI=1S/C19H25N/c1-7-9-10-17-14(3)16-13-15(19(4,5)6)11-12-18(16)20(17)8-2/h7,9-13H,1,8H2,2-6H3/b10-9-. The van der Waals surface area contributed by atoms with E-state index in [2.05, 4.69) is 70.0 Å². The molecule has 1 aromatic heterocycles. The summed E-state index contributed by atoms with van der Waals surface area (Å²) in [6.45, 7) is 15.9. The molecule has 0 fully saturated rings. The van der Waals surface area contributed by atoms with Gasteiger partial charge in [-0.3, -0.25) is 0 Å². The van der Waals surface area contributed by atoms with Gasteiger partial charge in [-0.25, -0.2) is 0 Å². The predicted molar refractivity (Wildman–Crippen MR) is 90.3 cm³/mol. The second kappa shape index (κ2) is 5.32. The van der Waals surface area contributed by atoms with Crippen LogP contribution in [0.25, 0.3) is 17.0 Å². The maximum atomic E-state index is 3.77. The van der Waals surface area contributed by atoms with E-state index in [0.717, 1.165) is 6.54 Å². The number of nitrogens with zero attached hydrogens (tertiary/aromatic N) is 1. The van der Waals surface area contributed by atoms with Gasteiger partial charge in [0.2, 0.25) is 0 Å². The van der Waals surface area contributed by atoms with Gasteiger partial charge in [-0.2, -0.15) is 0 Å². The highest BCUT2D eigenvalue weighted by atomic mass is 15.0. The lowest BCUT2D eigenvalue weighted by atomic mass is 9.86. The lowest BCUT2D eigenvalue weighted by Crippen LogP contribution is -2.10. The van der Waals surface area contributed by atoms with Crippen molar-refractivity contribution < 1.29 is 0 Å². The number of rotatable bonds is 3. The topological polar surface area (TPSA) is 4.93 Å². The lowest BCUT2D eigenvalue weighted by Gasteiger charge is -2.19. The smallest absolute Gasteiger partial charge is 0.0487 e. The number of hydrogen-bond donors (Lipinski definition) is 0. The highest BCUT2D eigenvalue weighted by Gasteiger charge is 2.17. The van der Waals surface area contributed by atoms with Crippen LogP contribution < -0.4 is 0 Å². The first-order valence-corrected chi connectivity index (χ1v) is 7.32. The summed E-state index contributed by atoms with van der Waals surface area (Å²) in [5.74, 6) is 0. The van der Waals surface area contributed by atoms with Crippen molar-refractivity contribution in [3.8, 4) is 0 Å². The lowest BCUT2D eigenvalue weighted by molar-refractivity contribution is 0.591. The van der Waals surface area contributed by atoms with Gasteiger partial charge in [0.15, 0.2) is 0 Å². The predicted octanol–water partition coefficient (Wildman–Crippen LogP) is 5.47. The summed E-state index contributed by atoms with van der Waals surface area (Å²) in [6.07, 6.45) is 6.00. The fourth-order valence-electron chi connectivity index (χ4n) is 2.72. The molecule has 0 saturated heterocycles. The van der Waals surface area contributed by atoms with Crippen LogP contribution in [0.3, 0.4) is 0 Å². The van der Waals surface area contributed by atoms with Crippen LogP contribution in [0, 0.1) is 6.92 Å². The van der Waals surface area contributed by atoms with E-state index in [9.17, 15) is 0 Å². The van der Waals surface area contributed by atoms with Crippen LogP contribution in [-0.4, -0.2) is 4.57 Å². The molecule has 0 aliphatic rings. The van der Waals surface area contributed by atoms with Crippen molar-refractivity contribution in [2.45, 2.75) is 46.6 Å². The molecule has 1 heterocycles. The minimum Gasteiger partial charge on any atom is -0.341 e. The summed E-state index contributed by atoms with van der Waals surface area (Å²) in [5, 5.41) is 1.36. The minimum atomic E-state index is 0.187. The van der Waals surface area contributed by atoms with Crippen molar-refractivity contribution in [3.05, 3.63) is 53.8 Å². The molecule has 0 aliphatic carbocycles. The van der Waals surface area contributed by atoms with Gasteiger partial charge < -0.3 is 4.57 Å². The number of fused-ring (bicyclic) bond motifs is 1. The van der Waals surface area contributed by atoms with Gasteiger partial charge in [0.1, 0.15) is 0 Å². The van der Waals surface area contributed by atoms with Crippen molar-refractivity contribution in [1.82, 2.24) is 4.57 Å². The number of hydrogen-bond acceptors (Lipinski definition) is 0. The molecule has 0 atom stereocenters. The van der Waals surface area contributed by atoms with Crippen LogP contribution in [0.5, 0.6) is 0 Å². The van der Waals surface area contributed by atoms with Gasteiger partial charge in [-0.05, 0) is 48.6 Å². The Morgan fingerprint density at radius 1 is 1.25 bits per heavy atom. The van der Waals surface area contributed by atoms with E-state index in [4.69, 9.17) is 0 Å². The molecule has 2 rings (SSSR count). The van der Waals surface area contributed by atoms with Gasteiger partial charge in [-0.1, -0.05) is 45.6 Å². The second-order valence-electron chi connectivity index (χ2n) is 6.33. The molecule has 106 valence electrons. The zero-order chi connectivity index (χ0) is 14.9. The Kier molecular flexibility index (Phi) is 3.89. The van der Waals surface area contributed by atoms with Gasteiger partial charge >= 0.3 is 0 Å². The normalized spacial score (nSPS) is 12.4. The molecule has 0 radical (unpaired) electrons. The summed E-state index contributed by atoms with van der Waals surface area (Å²) in [5.41, 5.74) is 5.54. The van der Waals surface area contributed by atoms with Crippen molar-refractivity contribution in [3.63, 3.8) is 0 Å². The first kappa shape index (κ1) is 14.6. The molecule has 0 saturated carbocycles. The van der Waals surface area contributed by atoms with E-state index in [0.29, 0.717) is 0 Å². The Morgan fingerprint density at radius 2 is 1.95 bits per heavy atom. The Hall–Kier alpha value is -1.76. The highest BCUT2D eigenvalue weighted by molar-refractivity contribution is 5.88. The third-order valence-corrected chi connectivity index (χ3v) is 3.94. The van der Waals surface area contributed by atoms with E-state index >= 15 is 0 Å². The van der Waals surface area contributed by atoms with E-state index in [1.54, 1.807) is 0 Å². The molecule has 20 heavy (non-hydrogen) atoms. The number of allylic oxidation sites excluding steroid dienone is 2. The molecule has 0 unspecified atom stereocenters. The van der Waals surface area contributed by atoms with Gasteiger partial charge in [0.05, 0.1) is 0 Å². The first-order chi connectivity index (χ1) is 9.40. The van der Waals surface area contributed by atoms with E-state index in [1.165, 1.54) is 27.7 Å². The Labute approximate surface area is 122 Å². The molecular weight excluding hydrogens is 242 g/mol. The quantitative estimate of drug-likeness (QED) is 0.650. The Morgan fingerprint density at radius 3 is 2.50 bits per heavy atom.